The second-order valence-electron chi connectivity index (χ2n) is 6.01. The Bertz CT molecular complexity index is 577. The molecule has 120 valence electrons. The van der Waals surface area contributed by atoms with Crippen molar-refractivity contribution in [1.82, 2.24) is 10.6 Å². The van der Waals surface area contributed by atoms with Crippen LogP contribution in [0.5, 0.6) is 5.75 Å². The number of fused-ring (bicyclic) bond motifs is 1. The van der Waals surface area contributed by atoms with Crippen molar-refractivity contribution >= 4 is 5.91 Å². The van der Waals surface area contributed by atoms with E-state index < -0.39 is 24.9 Å². The normalized spacial score (nSPS) is 26.3. The molecule has 0 radical (unpaired) electrons. The van der Waals surface area contributed by atoms with Gasteiger partial charge in [-0.05, 0) is 42.5 Å². The average molecular weight is 310 g/mol. The standard InChI is InChI=1S/C16H20F2N2O2/c1-22-11-5-6-12-10(7-11)3-2-4-13(12)20-15(21)14-8-16(17,18)9-19-14/h5-7,13-14,19H,2-4,8-9H2,1H3,(H,20,21). The summed E-state index contributed by atoms with van der Waals surface area (Å²) in [6, 6.07) is 4.88. The van der Waals surface area contributed by atoms with Gasteiger partial charge in [0.25, 0.3) is 5.92 Å². The highest BCUT2D eigenvalue weighted by molar-refractivity contribution is 5.82. The van der Waals surface area contributed by atoms with E-state index in [9.17, 15) is 13.6 Å². The number of ether oxygens (including phenoxy) is 1. The number of carbonyl (C=O) groups is 1. The van der Waals surface area contributed by atoms with E-state index in [4.69, 9.17) is 4.74 Å². The molecule has 3 rings (SSSR count). The van der Waals surface area contributed by atoms with Gasteiger partial charge in [-0.15, -0.1) is 0 Å². The molecule has 2 N–H and O–H groups in total. The summed E-state index contributed by atoms with van der Waals surface area (Å²) in [6.45, 7) is -0.427. The van der Waals surface area contributed by atoms with Gasteiger partial charge in [-0.2, -0.15) is 0 Å². The van der Waals surface area contributed by atoms with E-state index >= 15 is 0 Å². The lowest BCUT2D eigenvalue weighted by Gasteiger charge is -2.27. The third kappa shape index (κ3) is 3.06. The van der Waals surface area contributed by atoms with E-state index in [1.165, 1.54) is 0 Å². The van der Waals surface area contributed by atoms with Crippen LogP contribution in [0, 0.1) is 0 Å². The van der Waals surface area contributed by atoms with Crippen LogP contribution >= 0.6 is 0 Å². The molecule has 1 amide bonds. The van der Waals surface area contributed by atoms with Crippen molar-refractivity contribution in [1.29, 1.82) is 0 Å². The number of halogens is 2. The van der Waals surface area contributed by atoms with Gasteiger partial charge in [0.15, 0.2) is 0 Å². The molecule has 1 heterocycles. The number of nitrogens with one attached hydrogen (secondary N) is 2. The Morgan fingerprint density at radius 2 is 2.27 bits per heavy atom. The monoisotopic (exact) mass is 310 g/mol. The van der Waals surface area contributed by atoms with Crippen LogP contribution in [-0.2, 0) is 11.2 Å². The molecule has 1 aromatic rings. The molecule has 1 aliphatic carbocycles. The Morgan fingerprint density at radius 3 is 2.95 bits per heavy atom. The number of benzene rings is 1. The summed E-state index contributed by atoms with van der Waals surface area (Å²) in [7, 11) is 1.62. The molecule has 6 heteroatoms. The first-order valence-electron chi connectivity index (χ1n) is 7.57. The van der Waals surface area contributed by atoms with Crippen LogP contribution in [0.4, 0.5) is 8.78 Å². The van der Waals surface area contributed by atoms with E-state index in [1.54, 1.807) is 7.11 Å². The number of rotatable bonds is 3. The van der Waals surface area contributed by atoms with E-state index in [0.29, 0.717) is 0 Å². The summed E-state index contributed by atoms with van der Waals surface area (Å²) < 4.78 is 31.6. The van der Waals surface area contributed by atoms with Gasteiger partial charge in [-0.3, -0.25) is 10.1 Å². The van der Waals surface area contributed by atoms with Crippen LogP contribution in [0.15, 0.2) is 18.2 Å². The molecular formula is C16H20F2N2O2. The third-order valence-electron chi connectivity index (χ3n) is 4.41. The Labute approximate surface area is 128 Å². The quantitative estimate of drug-likeness (QED) is 0.900. The minimum atomic E-state index is -2.79. The first-order chi connectivity index (χ1) is 10.5. The zero-order valence-electron chi connectivity index (χ0n) is 12.5. The number of carbonyl (C=O) groups excluding carboxylic acids is 1. The van der Waals surface area contributed by atoms with Gasteiger partial charge in [-0.1, -0.05) is 6.07 Å². The maximum Gasteiger partial charge on any atom is 0.262 e. The number of amides is 1. The molecule has 4 nitrogen and oxygen atoms in total. The molecule has 1 saturated heterocycles. The molecule has 0 bridgehead atoms. The van der Waals surface area contributed by atoms with Gasteiger partial charge in [0.05, 0.1) is 25.7 Å². The highest BCUT2D eigenvalue weighted by atomic mass is 19.3. The Hall–Kier alpha value is -1.69. The van der Waals surface area contributed by atoms with E-state index in [-0.39, 0.29) is 11.9 Å². The highest BCUT2D eigenvalue weighted by Gasteiger charge is 2.42. The molecule has 1 fully saturated rings. The number of hydrogen-bond donors (Lipinski definition) is 2. The lowest BCUT2D eigenvalue weighted by molar-refractivity contribution is -0.124. The van der Waals surface area contributed by atoms with E-state index in [0.717, 1.165) is 36.1 Å². The average Bonchev–Trinajstić information content (AvgIpc) is 2.87. The summed E-state index contributed by atoms with van der Waals surface area (Å²) in [6.07, 6.45) is 2.30. The summed E-state index contributed by atoms with van der Waals surface area (Å²) in [4.78, 5) is 12.2. The van der Waals surface area contributed by atoms with Crippen LogP contribution in [0.3, 0.4) is 0 Å². The van der Waals surface area contributed by atoms with Gasteiger partial charge in [0.2, 0.25) is 5.91 Å². The minimum Gasteiger partial charge on any atom is -0.497 e. The number of hydrogen-bond acceptors (Lipinski definition) is 3. The van der Waals surface area contributed by atoms with Crippen molar-refractivity contribution in [2.45, 2.75) is 43.7 Å². The Kier molecular flexibility index (Phi) is 4.04. The maximum atomic E-state index is 13.2. The first-order valence-corrected chi connectivity index (χ1v) is 7.57. The van der Waals surface area contributed by atoms with Crippen LogP contribution in [0.25, 0.3) is 0 Å². The van der Waals surface area contributed by atoms with Crippen molar-refractivity contribution < 1.29 is 18.3 Å². The van der Waals surface area contributed by atoms with Crippen molar-refractivity contribution in [3.05, 3.63) is 29.3 Å². The zero-order chi connectivity index (χ0) is 15.7. The molecule has 22 heavy (non-hydrogen) atoms. The van der Waals surface area contributed by atoms with Crippen molar-refractivity contribution in [2.75, 3.05) is 13.7 Å². The minimum absolute atomic E-state index is 0.113. The molecule has 2 aliphatic rings. The molecule has 2 unspecified atom stereocenters. The highest BCUT2D eigenvalue weighted by Crippen LogP contribution is 2.33. The molecule has 0 saturated carbocycles. The molecule has 1 aliphatic heterocycles. The summed E-state index contributed by atoms with van der Waals surface area (Å²) in [5.74, 6) is -2.34. The Balaban J connectivity index is 1.71. The molecule has 0 aromatic heterocycles. The van der Waals surface area contributed by atoms with Crippen molar-refractivity contribution in [3.63, 3.8) is 0 Å². The number of alkyl halides is 2. The molecule has 2 atom stereocenters. The molecule has 0 spiro atoms. The Morgan fingerprint density at radius 1 is 1.45 bits per heavy atom. The maximum absolute atomic E-state index is 13.2. The van der Waals surface area contributed by atoms with Gasteiger partial charge in [0, 0.05) is 6.42 Å². The fourth-order valence-corrected chi connectivity index (χ4v) is 3.24. The number of methoxy groups -OCH3 is 1. The predicted octanol–water partition coefficient (Wildman–Crippen LogP) is 2.19. The molecular weight excluding hydrogens is 290 g/mol. The second-order valence-corrected chi connectivity index (χ2v) is 6.01. The van der Waals surface area contributed by atoms with Crippen molar-refractivity contribution in [2.24, 2.45) is 0 Å². The largest absolute Gasteiger partial charge is 0.497 e. The second kappa shape index (κ2) is 5.83. The fourth-order valence-electron chi connectivity index (χ4n) is 3.24. The van der Waals surface area contributed by atoms with Crippen LogP contribution < -0.4 is 15.4 Å². The van der Waals surface area contributed by atoms with Crippen LogP contribution in [0.2, 0.25) is 0 Å². The van der Waals surface area contributed by atoms with Crippen molar-refractivity contribution in [3.8, 4) is 5.75 Å². The van der Waals surface area contributed by atoms with Gasteiger partial charge < -0.3 is 10.1 Å². The van der Waals surface area contributed by atoms with Gasteiger partial charge >= 0.3 is 0 Å². The summed E-state index contributed by atoms with van der Waals surface area (Å²) in [5.41, 5.74) is 2.21. The zero-order valence-corrected chi connectivity index (χ0v) is 12.5. The van der Waals surface area contributed by atoms with Crippen LogP contribution in [-0.4, -0.2) is 31.5 Å². The van der Waals surface area contributed by atoms with E-state index in [1.807, 2.05) is 18.2 Å². The number of aryl methyl sites for hydroxylation is 1. The topological polar surface area (TPSA) is 50.4 Å². The first kappa shape index (κ1) is 15.2. The van der Waals surface area contributed by atoms with Crippen LogP contribution in [0.1, 0.15) is 36.4 Å². The SMILES string of the molecule is COc1ccc2c(c1)CCCC2NC(=O)C1CC(F)(F)CN1. The third-order valence-corrected chi connectivity index (χ3v) is 4.41. The summed E-state index contributed by atoms with van der Waals surface area (Å²) >= 11 is 0. The smallest absolute Gasteiger partial charge is 0.262 e. The summed E-state index contributed by atoms with van der Waals surface area (Å²) in [5, 5.41) is 5.51. The lowest BCUT2D eigenvalue weighted by Crippen LogP contribution is -2.42. The van der Waals surface area contributed by atoms with Gasteiger partial charge in [0.1, 0.15) is 5.75 Å². The lowest BCUT2D eigenvalue weighted by atomic mass is 9.87. The fraction of sp³-hybridized carbons (Fsp3) is 0.562. The van der Waals surface area contributed by atoms with E-state index in [2.05, 4.69) is 10.6 Å². The molecule has 1 aromatic carbocycles. The predicted molar refractivity (Wildman–Crippen MR) is 78.2 cm³/mol. The van der Waals surface area contributed by atoms with Gasteiger partial charge in [-0.25, -0.2) is 8.78 Å².